The summed E-state index contributed by atoms with van der Waals surface area (Å²) >= 11 is 0. The van der Waals surface area contributed by atoms with Crippen molar-refractivity contribution >= 4 is 22.5 Å². The number of hydrogen-bond donors (Lipinski definition) is 1. The van der Waals surface area contributed by atoms with Gasteiger partial charge in [-0.3, -0.25) is 9.69 Å². The maximum absolute atomic E-state index is 12.0. The molecule has 1 amide bonds. The normalized spacial score (nSPS) is 15.5. The summed E-state index contributed by atoms with van der Waals surface area (Å²) in [4.78, 5) is 24.3. The Labute approximate surface area is 195 Å². The van der Waals surface area contributed by atoms with Crippen LogP contribution in [-0.2, 0) is 11.2 Å². The number of pyridine rings is 1. The standard InChI is InChI=1S/C27H33N5O/c1-5-22-23-14-20(19-10-12-31(13-11-19)17-26(33)30(3)4)6-8-24(23)29-27(22)21-7-9-25-28-18(2)15-32(25)16-21/h6-9,14-16,19,29H,5,10-13,17H2,1-4H3. The van der Waals surface area contributed by atoms with E-state index in [1.165, 1.54) is 33.3 Å². The van der Waals surface area contributed by atoms with Crippen LogP contribution in [-0.4, -0.2) is 63.8 Å². The molecule has 0 radical (unpaired) electrons. The van der Waals surface area contributed by atoms with Crippen LogP contribution in [0.5, 0.6) is 0 Å². The zero-order valence-electron chi connectivity index (χ0n) is 20.1. The molecule has 0 aliphatic carbocycles. The molecule has 1 saturated heterocycles. The third-order valence-electron chi connectivity index (χ3n) is 7.06. The molecule has 6 nitrogen and oxygen atoms in total. The molecule has 33 heavy (non-hydrogen) atoms. The van der Waals surface area contributed by atoms with Crippen LogP contribution in [0.4, 0.5) is 0 Å². The summed E-state index contributed by atoms with van der Waals surface area (Å²) in [6.45, 7) is 6.75. The van der Waals surface area contributed by atoms with E-state index in [9.17, 15) is 4.79 Å². The van der Waals surface area contributed by atoms with E-state index in [2.05, 4.69) is 68.9 Å². The van der Waals surface area contributed by atoms with Crippen molar-refractivity contribution in [3.05, 3.63) is 59.5 Å². The Bertz CT molecular complexity index is 1310. The van der Waals surface area contributed by atoms with Crippen molar-refractivity contribution in [1.29, 1.82) is 0 Å². The molecule has 1 aliphatic rings. The first-order valence-electron chi connectivity index (χ1n) is 12.0. The van der Waals surface area contributed by atoms with Crippen LogP contribution in [0.2, 0.25) is 0 Å². The number of aromatic nitrogens is 3. The Kier molecular flexibility index (Phi) is 5.71. The van der Waals surface area contributed by atoms with Gasteiger partial charge in [0, 0.05) is 43.0 Å². The molecular weight excluding hydrogens is 410 g/mol. The van der Waals surface area contributed by atoms with Gasteiger partial charge in [-0.05, 0) is 80.6 Å². The zero-order valence-corrected chi connectivity index (χ0v) is 20.1. The summed E-state index contributed by atoms with van der Waals surface area (Å²) in [5.74, 6) is 0.736. The van der Waals surface area contributed by atoms with Crippen molar-refractivity contribution < 1.29 is 4.79 Å². The summed E-state index contributed by atoms with van der Waals surface area (Å²) in [5.41, 5.74) is 8.39. The van der Waals surface area contributed by atoms with Crippen LogP contribution >= 0.6 is 0 Å². The van der Waals surface area contributed by atoms with Gasteiger partial charge >= 0.3 is 0 Å². The average molecular weight is 444 g/mol. The lowest BCUT2D eigenvalue weighted by molar-refractivity contribution is -0.130. The lowest BCUT2D eigenvalue weighted by Crippen LogP contribution is -2.40. The van der Waals surface area contributed by atoms with Gasteiger partial charge in [0.05, 0.1) is 17.9 Å². The number of imidazole rings is 1. The molecule has 0 bridgehead atoms. The number of piperidine rings is 1. The minimum absolute atomic E-state index is 0.186. The quantitative estimate of drug-likeness (QED) is 0.490. The van der Waals surface area contributed by atoms with Crippen LogP contribution in [0.25, 0.3) is 27.8 Å². The number of carbonyl (C=O) groups is 1. The van der Waals surface area contributed by atoms with E-state index in [4.69, 9.17) is 0 Å². The number of likely N-dealkylation sites (N-methyl/N-ethyl adjacent to an activating group) is 1. The monoisotopic (exact) mass is 443 g/mol. The number of benzene rings is 1. The van der Waals surface area contributed by atoms with Crippen molar-refractivity contribution in [2.45, 2.75) is 39.0 Å². The molecule has 5 rings (SSSR count). The topological polar surface area (TPSA) is 56.6 Å². The number of H-pyrrole nitrogens is 1. The molecule has 3 aromatic heterocycles. The van der Waals surface area contributed by atoms with Gasteiger partial charge in [0.15, 0.2) is 0 Å². The van der Waals surface area contributed by atoms with Crippen molar-refractivity contribution in [2.75, 3.05) is 33.7 Å². The molecule has 1 N–H and O–H groups in total. The van der Waals surface area contributed by atoms with Crippen molar-refractivity contribution in [3.63, 3.8) is 0 Å². The fourth-order valence-electron chi connectivity index (χ4n) is 5.16. The van der Waals surface area contributed by atoms with Crippen LogP contribution in [0.3, 0.4) is 0 Å². The number of likely N-dealkylation sites (tertiary alicyclic amines) is 1. The number of aromatic amines is 1. The fraction of sp³-hybridized carbons (Fsp3) is 0.407. The smallest absolute Gasteiger partial charge is 0.236 e. The van der Waals surface area contributed by atoms with E-state index in [0.29, 0.717) is 12.5 Å². The summed E-state index contributed by atoms with van der Waals surface area (Å²) < 4.78 is 2.11. The lowest BCUT2D eigenvalue weighted by Gasteiger charge is -2.32. The van der Waals surface area contributed by atoms with Crippen LogP contribution < -0.4 is 0 Å². The van der Waals surface area contributed by atoms with E-state index in [1.807, 2.05) is 21.0 Å². The number of rotatable bonds is 5. The first-order chi connectivity index (χ1) is 15.9. The highest BCUT2D eigenvalue weighted by Crippen LogP contribution is 2.35. The third kappa shape index (κ3) is 4.15. The van der Waals surface area contributed by atoms with E-state index < -0.39 is 0 Å². The second-order valence-electron chi connectivity index (χ2n) is 9.54. The number of nitrogens with zero attached hydrogens (tertiary/aromatic N) is 4. The Hall–Kier alpha value is -3.12. The maximum Gasteiger partial charge on any atom is 0.236 e. The Morgan fingerprint density at radius 3 is 2.67 bits per heavy atom. The van der Waals surface area contributed by atoms with Crippen LogP contribution in [0.15, 0.2) is 42.7 Å². The molecule has 1 aromatic carbocycles. The summed E-state index contributed by atoms with van der Waals surface area (Å²) in [6.07, 6.45) is 7.42. The van der Waals surface area contributed by atoms with Crippen molar-refractivity contribution in [3.8, 4) is 11.3 Å². The van der Waals surface area contributed by atoms with Gasteiger partial charge in [0.1, 0.15) is 5.65 Å². The molecule has 1 fully saturated rings. The summed E-state index contributed by atoms with van der Waals surface area (Å²) in [7, 11) is 3.66. The number of amides is 1. The second kappa shape index (κ2) is 8.67. The molecule has 4 heterocycles. The molecule has 0 unspecified atom stereocenters. The predicted octanol–water partition coefficient (Wildman–Crippen LogP) is 4.62. The first kappa shape index (κ1) is 21.7. The Morgan fingerprint density at radius 1 is 1.15 bits per heavy atom. The third-order valence-corrected chi connectivity index (χ3v) is 7.06. The van der Waals surface area contributed by atoms with Crippen molar-refractivity contribution in [2.24, 2.45) is 0 Å². The minimum Gasteiger partial charge on any atom is -0.354 e. The van der Waals surface area contributed by atoms with E-state index in [1.54, 1.807) is 4.90 Å². The highest BCUT2D eigenvalue weighted by molar-refractivity contribution is 5.91. The number of fused-ring (bicyclic) bond motifs is 2. The minimum atomic E-state index is 0.186. The van der Waals surface area contributed by atoms with Gasteiger partial charge in [0.25, 0.3) is 0 Å². The van der Waals surface area contributed by atoms with Gasteiger partial charge in [-0.2, -0.15) is 0 Å². The van der Waals surface area contributed by atoms with E-state index in [-0.39, 0.29) is 5.91 Å². The molecular formula is C27H33N5O. The molecule has 0 saturated carbocycles. The van der Waals surface area contributed by atoms with Crippen LogP contribution in [0, 0.1) is 6.92 Å². The molecule has 0 spiro atoms. The Morgan fingerprint density at radius 2 is 1.94 bits per heavy atom. The SMILES string of the molecule is CCc1c(-c2ccc3nc(C)cn3c2)[nH]c2ccc(C3CCN(CC(=O)N(C)C)CC3)cc12. The van der Waals surface area contributed by atoms with Crippen LogP contribution in [0.1, 0.15) is 42.5 Å². The highest BCUT2D eigenvalue weighted by Gasteiger charge is 2.23. The van der Waals surface area contributed by atoms with Gasteiger partial charge in [-0.25, -0.2) is 4.98 Å². The number of carbonyl (C=O) groups excluding carboxylic acids is 1. The molecule has 6 heteroatoms. The summed E-state index contributed by atoms with van der Waals surface area (Å²) in [6, 6.07) is 11.2. The van der Waals surface area contributed by atoms with Crippen molar-refractivity contribution in [1.82, 2.24) is 24.2 Å². The van der Waals surface area contributed by atoms with E-state index in [0.717, 1.165) is 43.7 Å². The van der Waals surface area contributed by atoms with Gasteiger partial charge in [-0.15, -0.1) is 0 Å². The predicted molar refractivity (Wildman–Crippen MR) is 134 cm³/mol. The molecule has 0 atom stereocenters. The first-order valence-corrected chi connectivity index (χ1v) is 12.0. The largest absolute Gasteiger partial charge is 0.354 e. The van der Waals surface area contributed by atoms with Gasteiger partial charge in [0.2, 0.25) is 5.91 Å². The molecule has 1 aliphatic heterocycles. The second-order valence-corrected chi connectivity index (χ2v) is 9.54. The Balaban J connectivity index is 1.41. The highest BCUT2D eigenvalue weighted by atomic mass is 16.2. The number of aryl methyl sites for hydroxylation is 2. The fourth-order valence-corrected chi connectivity index (χ4v) is 5.16. The van der Waals surface area contributed by atoms with Gasteiger partial charge < -0.3 is 14.3 Å². The lowest BCUT2D eigenvalue weighted by atomic mass is 9.88. The number of hydrogen-bond acceptors (Lipinski definition) is 3. The average Bonchev–Trinajstić information content (AvgIpc) is 3.37. The zero-order chi connectivity index (χ0) is 23.1. The van der Waals surface area contributed by atoms with Gasteiger partial charge in [-0.1, -0.05) is 13.0 Å². The maximum atomic E-state index is 12.0. The molecule has 4 aromatic rings. The molecule has 172 valence electrons. The summed E-state index contributed by atoms with van der Waals surface area (Å²) in [5, 5.41) is 1.33. The van der Waals surface area contributed by atoms with E-state index >= 15 is 0 Å². The number of nitrogens with one attached hydrogen (secondary N) is 1.